The summed E-state index contributed by atoms with van der Waals surface area (Å²) in [6, 6.07) is 0.657. The van der Waals surface area contributed by atoms with E-state index in [1.807, 2.05) is 0 Å². The largest absolute Gasteiger partial charge is 0.480 e. The molecule has 1 N–H and O–H groups in total. The number of carboxylic acid groups (broad SMARTS) is 1. The van der Waals surface area contributed by atoms with Gasteiger partial charge in [0.2, 0.25) is 0 Å². The average molecular weight is 272 g/mol. The first-order valence-corrected chi connectivity index (χ1v) is 5.32. The fourth-order valence-electron chi connectivity index (χ4n) is 1.75. The predicted octanol–water partition coefficient (Wildman–Crippen LogP) is 1.48. The van der Waals surface area contributed by atoms with E-state index >= 15 is 0 Å². The third kappa shape index (κ3) is 1.65. The molecular weight excluding hydrogens is 265 g/mol. The van der Waals surface area contributed by atoms with Gasteiger partial charge in [-0.2, -0.15) is 0 Å². The Kier molecular flexibility index (Phi) is 2.82. The van der Waals surface area contributed by atoms with Crippen LogP contribution in [0.1, 0.15) is 17.3 Å². The number of hydrogen-bond donors (Lipinski definition) is 1. The number of nitrogens with zero attached hydrogens (tertiary/aromatic N) is 1. The van der Waals surface area contributed by atoms with Crippen LogP contribution in [0.25, 0.3) is 0 Å². The Morgan fingerprint density at radius 2 is 2.06 bits per heavy atom. The normalized spacial score (nSPS) is 15.8. The molecule has 0 fully saturated rings. The van der Waals surface area contributed by atoms with Crippen molar-refractivity contribution >= 4 is 34.9 Å². The lowest BCUT2D eigenvalue weighted by Gasteiger charge is -2.20. The maximum atomic E-state index is 13.3. The molecule has 1 heterocycles. The summed E-state index contributed by atoms with van der Waals surface area (Å²) in [7, 11) is 0. The molecule has 1 aromatic rings. The van der Waals surface area contributed by atoms with Gasteiger partial charge in [0, 0.05) is 0 Å². The Morgan fingerprint density at radius 3 is 2.61 bits per heavy atom. The number of fused-ring (bicyclic) bond motifs is 1. The van der Waals surface area contributed by atoms with Crippen molar-refractivity contribution in [3.05, 3.63) is 28.5 Å². The Hall–Kier alpha value is -1.95. The molecule has 0 saturated carbocycles. The lowest BCUT2D eigenvalue weighted by atomic mass is 10.1. The van der Waals surface area contributed by atoms with E-state index in [1.165, 1.54) is 6.92 Å². The quantitative estimate of drug-likeness (QED) is 0.827. The molecule has 1 atom stereocenters. The van der Waals surface area contributed by atoms with Gasteiger partial charge in [0.05, 0.1) is 16.3 Å². The highest BCUT2D eigenvalue weighted by molar-refractivity contribution is 6.53. The minimum Gasteiger partial charge on any atom is -0.480 e. The van der Waals surface area contributed by atoms with Crippen molar-refractivity contribution in [3.8, 4) is 0 Å². The van der Waals surface area contributed by atoms with E-state index in [4.69, 9.17) is 16.7 Å². The number of halogens is 2. The number of aliphatic carboxylic acids is 1. The first kappa shape index (κ1) is 12.5. The van der Waals surface area contributed by atoms with E-state index in [1.54, 1.807) is 0 Å². The van der Waals surface area contributed by atoms with Gasteiger partial charge in [-0.15, -0.1) is 0 Å². The number of hydrogen-bond acceptors (Lipinski definition) is 3. The number of benzene rings is 1. The number of ketones is 1. The lowest BCUT2D eigenvalue weighted by Crippen LogP contribution is -2.42. The highest BCUT2D eigenvalue weighted by atomic mass is 35.5. The Labute approximate surface area is 106 Å². The molecule has 94 valence electrons. The van der Waals surface area contributed by atoms with Gasteiger partial charge in [-0.3, -0.25) is 14.5 Å². The van der Waals surface area contributed by atoms with E-state index in [0.717, 1.165) is 17.0 Å². The number of rotatable bonds is 2. The van der Waals surface area contributed by atoms with Crippen molar-refractivity contribution in [1.29, 1.82) is 0 Å². The van der Waals surface area contributed by atoms with Gasteiger partial charge in [-0.1, -0.05) is 11.6 Å². The summed E-state index contributed by atoms with van der Waals surface area (Å²) < 4.78 is 13.3. The molecule has 1 amide bonds. The van der Waals surface area contributed by atoms with E-state index < -0.39 is 29.5 Å². The first-order chi connectivity index (χ1) is 8.34. The van der Waals surface area contributed by atoms with Crippen molar-refractivity contribution < 1.29 is 23.9 Å². The first-order valence-electron chi connectivity index (χ1n) is 4.94. The summed E-state index contributed by atoms with van der Waals surface area (Å²) in [5.74, 6) is -4.00. The van der Waals surface area contributed by atoms with E-state index in [2.05, 4.69) is 0 Å². The summed E-state index contributed by atoms with van der Waals surface area (Å²) in [5.41, 5.74) is -0.152. The number of anilines is 1. The van der Waals surface area contributed by atoms with Crippen LogP contribution in [0.4, 0.5) is 10.1 Å². The lowest BCUT2D eigenvalue weighted by molar-refractivity contribution is -0.139. The molecule has 1 aliphatic heterocycles. The highest BCUT2D eigenvalue weighted by Gasteiger charge is 2.41. The zero-order valence-corrected chi connectivity index (χ0v) is 9.86. The van der Waals surface area contributed by atoms with Crippen LogP contribution in [-0.4, -0.2) is 28.8 Å². The van der Waals surface area contributed by atoms with Gasteiger partial charge >= 0.3 is 5.97 Å². The smallest absolute Gasteiger partial charge is 0.326 e. The van der Waals surface area contributed by atoms with Crippen LogP contribution in [0, 0.1) is 5.82 Å². The van der Waals surface area contributed by atoms with E-state index in [0.29, 0.717) is 0 Å². The molecule has 18 heavy (non-hydrogen) atoms. The minimum absolute atomic E-state index is 0.0678. The summed E-state index contributed by atoms with van der Waals surface area (Å²) in [5, 5.41) is 8.58. The molecule has 0 aliphatic carbocycles. The molecule has 0 spiro atoms. The molecule has 0 radical (unpaired) electrons. The van der Waals surface area contributed by atoms with Crippen LogP contribution in [0.15, 0.2) is 12.1 Å². The van der Waals surface area contributed by atoms with Gasteiger partial charge < -0.3 is 5.11 Å². The van der Waals surface area contributed by atoms with E-state index in [9.17, 15) is 18.8 Å². The molecule has 0 saturated heterocycles. The maximum absolute atomic E-state index is 13.3. The molecule has 1 unspecified atom stereocenters. The molecule has 1 aliphatic rings. The van der Waals surface area contributed by atoms with Crippen LogP contribution < -0.4 is 4.90 Å². The Morgan fingerprint density at radius 1 is 1.44 bits per heavy atom. The standard InChI is InChI=1S/C11H7ClFNO4/c1-4(11(17)18)14-8-3-7(13)6(12)2-5(8)9(15)10(14)16/h2-4H,1H3,(H,17,18). The number of carbonyl (C=O) groups is 3. The topological polar surface area (TPSA) is 74.7 Å². The fraction of sp³-hybridized carbons (Fsp3) is 0.182. The molecule has 2 rings (SSSR count). The molecule has 7 heteroatoms. The van der Waals surface area contributed by atoms with Crippen LogP contribution in [-0.2, 0) is 9.59 Å². The second kappa shape index (κ2) is 4.06. The molecule has 5 nitrogen and oxygen atoms in total. The van der Waals surface area contributed by atoms with Crippen molar-refractivity contribution in [2.75, 3.05) is 4.90 Å². The van der Waals surface area contributed by atoms with Gasteiger partial charge in [0.15, 0.2) is 0 Å². The van der Waals surface area contributed by atoms with Crippen LogP contribution in [0.5, 0.6) is 0 Å². The zero-order valence-electron chi connectivity index (χ0n) is 9.11. The van der Waals surface area contributed by atoms with E-state index in [-0.39, 0.29) is 16.3 Å². The average Bonchev–Trinajstić information content (AvgIpc) is 2.53. The van der Waals surface area contributed by atoms with Gasteiger partial charge in [0.1, 0.15) is 11.9 Å². The van der Waals surface area contributed by atoms with Crippen molar-refractivity contribution in [1.82, 2.24) is 0 Å². The summed E-state index contributed by atoms with van der Waals surface area (Å²) >= 11 is 5.52. The molecule has 0 bridgehead atoms. The molecule has 1 aromatic carbocycles. The number of Topliss-reactive ketones (excluding diaryl/α,β-unsaturated/α-hetero) is 1. The second-order valence-electron chi connectivity index (χ2n) is 3.80. The van der Waals surface area contributed by atoms with Gasteiger partial charge in [0.25, 0.3) is 11.7 Å². The van der Waals surface area contributed by atoms with Crippen molar-refractivity contribution in [3.63, 3.8) is 0 Å². The monoisotopic (exact) mass is 271 g/mol. The van der Waals surface area contributed by atoms with Crippen LogP contribution in [0.3, 0.4) is 0 Å². The SMILES string of the molecule is CC(C(=O)O)N1C(=O)C(=O)c2cc(Cl)c(F)cc21. The number of amides is 1. The van der Waals surface area contributed by atoms with Crippen molar-refractivity contribution in [2.45, 2.75) is 13.0 Å². The third-order valence-corrected chi connectivity index (χ3v) is 2.99. The number of carbonyl (C=O) groups excluding carboxylic acids is 2. The second-order valence-corrected chi connectivity index (χ2v) is 4.21. The minimum atomic E-state index is -1.29. The van der Waals surface area contributed by atoms with Crippen molar-refractivity contribution in [2.24, 2.45) is 0 Å². The maximum Gasteiger partial charge on any atom is 0.326 e. The highest BCUT2D eigenvalue weighted by Crippen LogP contribution is 2.34. The fourth-order valence-corrected chi connectivity index (χ4v) is 1.91. The molecule has 0 aromatic heterocycles. The molecular formula is C11H7ClFNO4. The van der Waals surface area contributed by atoms with Crippen LogP contribution >= 0.6 is 11.6 Å². The number of carboxylic acids is 1. The summed E-state index contributed by atoms with van der Waals surface area (Å²) in [6.45, 7) is 1.23. The zero-order chi connectivity index (χ0) is 13.6. The van der Waals surface area contributed by atoms with Crippen LogP contribution in [0.2, 0.25) is 5.02 Å². The predicted molar refractivity (Wildman–Crippen MR) is 60.3 cm³/mol. The third-order valence-electron chi connectivity index (χ3n) is 2.70. The Bertz CT molecular complexity index is 587. The Balaban J connectivity index is 2.62. The summed E-state index contributed by atoms with van der Waals surface area (Å²) in [6.07, 6.45) is 0. The van der Waals surface area contributed by atoms with Gasteiger partial charge in [-0.05, 0) is 19.1 Å². The summed E-state index contributed by atoms with van der Waals surface area (Å²) in [4.78, 5) is 34.9. The van der Waals surface area contributed by atoms with Gasteiger partial charge in [-0.25, -0.2) is 9.18 Å².